The molecule has 3 heteroatoms. The molecule has 0 bridgehead atoms. The van der Waals surface area contributed by atoms with Gasteiger partial charge >= 0.3 is 0 Å². The van der Waals surface area contributed by atoms with Gasteiger partial charge in [-0.05, 0) is 24.3 Å². The van der Waals surface area contributed by atoms with Crippen molar-refractivity contribution >= 4 is 22.8 Å². The number of fused-ring (bicyclic) bond motifs is 1. The highest BCUT2D eigenvalue weighted by atomic mass is 15.4. The van der Waals surface area contributed by atoms with E-state index in [4.69, 9.17) is 0 Å². The molecule has 1 aromatic heterocycles. The van der Waals surface area contributed by atoms with Crippen molar-refractivity contribution in [1.29, 1.82) is 0 Å². The molecule has 3 rings (SSSR count). The fourth-order valence-electron chi connectivity index (χ4n) is 2.07. The number of aryl methyl sites for hydroxylation is 1. The van der Waals surface area contributed by atoms with Crippen molar-refractivity contribution < 1.29 is 4.57 Å². The van der Waals surface area contributed by atoms with Crippen LogP contribution in [0.4, 0.5) is 5.69 Å². The minimum atomic E-state index is 1.05. The van der Waals surface area contributed by atoms with Crippen LogP contribution >= 0.6 is 0 Å². The van der Waals surface area contributed by atoms with Gasteiger partial charge in [0.1, 0.15) is 12.7 Å². The van der Waals surface area contributed by atoms with E-state index in [9.17, 15) is 0 Å². The second-order valence-electron chi connectivity index (χ2n) is 4.20. The van der Waals surface area contributed by atoms with Crippen LogP contribution in [-0.2, 0) is 7.05 Å². The molecule has 0 unspecified atom stereocenters. The molecule has 0 saturated heterocycles. The van der Waals surface area contributed by atoms with Gasteiger partial charge in [0.25, 0.3) is 0 Å². The normalized spacial score (nSPS) is 13.1. The molecule has 0 fully saturated rings. The van der Waals surface area contributed by atoms with E-state index in [-0.39, 0.29) is 0 Å². The lowest BCUT2D eigenvalue weighted by Crippen LogP contribution is -2.29. The van der Waals surface area contributed by atoms with E-state index in [1.807, 2.05) is 43.3 Å². The van der Waals surface area contributed by atoms with E-state index in [2.05, 4.69) is 53.2 Å². The zero-order valence-electron chi connectivity index (χ0n) is 12.2. The van der Waals surface area contributed by atoms with Crippen LogP contribution in [0.1, 0.15) is 13.8 Å². The number of hydrogen-bond donors (Lipinski definition) is 0. The molecular weight excluding hydrogens is 246 g/mol. The fourth-order valence-corrected chi connectivity index (χ4v) is 2.07. The third-order valence-electron chi connectivity index (χ3n) is 2.94. The molecule has 1 aromatic carbocycles. The van der Waals surface area contributed by atoms with Gasteiger partial charge in [-0.3, -0.25) is 0 Å². The lowest BCUT2D eigenvalue weighted by atomic mass is 10.2. The molecule has 0 atom stereocenters. The first-order chi connectivity index (χ1) is 9.84. The Morgan fingerprint density at radius 3 is 2.70 bits per heavy atom. The molecule has 20 heavy (non-hydrogen) atoms. The van der Waals surface area contributed by atoms with E-state index in [0.717, 1.165) is 5.69 Å². The van der Waals surface area contributed by atoms with E-state index in [1.165, 1.54) is 10.9 Å². The second kappa shape index (κ2) is 6.66. The Labute approximate surface area is 120 Å². The van der Waals surface area contributed by atoms with Crippen molar-refractivity contribution in [2.75, 3.05) is 5.01 Å². The Bertz CT molecular complexity index is 653. The van der Waals surface area contributed by atoms with E-state index < -0.39 is 0 Å². The lowest BCUT2D eigenvalue weighted by Gasteiger charge is -2.12. The highest BCUT2D eigenvalue weighted by Crippen LogP contribution is 2.19. The summed E-state index contributed by atoms with van der Waals surface area (Å²) in [6.07, 6.45) is 11.7. The summed E-state index contributed by atoms with van der Waals surface area (Å²) in [5.41, 5.74) is 2.26. The summed E-state index contributed by atoms with van der Waals surface area (Å²) in [4.78, 5) is 0. The van der Waals surface area contributed by atoms with Gasteiger partial charge < -0.3 is 0 Å². The van der Waals surface area contributed by atoms with Crippen LogP contribution in [0.2, 0.25) is 0 Å². The highest BCUT2D eigenvalue weighted by Gasteiger charge is 2.10. The van der Waals surface area contributed by atoms with Gasteiger partial charge in [-0.15, -0.1) is 0 Å². The van der Waals surface area contributed by atoms with Crippen LogP contribution in [0.25, 0.3) is 10.9 Å². The summed E-state index contributed by atoms with van der Waals surface area (Å²) in [6, 6.07) is 10.5. The van der Waals surface area contributed by atoms with Crippen molar-refractivity contribution in [2.45, 2.75) is 13.8 Å². The van der Waals surface area contributed by atoms with Gasteiger partial charge in [-0.1, -0.05) is 32.1 Å². The average molecular weight is 266 g/mol. The largest absolute Gasteiger partial charge is 0.235 e. The number of anilines is 1. The van der Waals surface area contributed by atoms with Gasteiger partial charge in [0, 0.05) is 23.9 Å². The van der Waals surface area contributed by atoms with Crippen LogP contribution in [0, 0.1) is 0 Å². The molecule has 0 amide bonds. The maximum absolute atomic E-state index is 4.36. The Morgan fingerprint density at radius 2 is 1.85 bits per heavy atom. The quantitative estimate of drug-likeness (QED) is 0.722. The van der Waals surface area contributed by atoms with Gasteiger partial charge in [0.05, 0.1) is 0 Å². The number of benzene rings is 1. The molecule has 2 aromatic rings. The Hall–Kier alpha value is -2.42. The average Bonchev–Trinajstić information content (AvgIpc) is 2.78. The summed E-state index contributed by atoms with van der Waals surface area (Å²) in [5, 5.41) is 7.44. The second-order valence-corrected chi connectivity index (χ2v) is 4.20. The van der Waals surface area contributed by atoms with Crippen molar-refractivity contribution in [3.63, 3.8) is 0 Å². The van der Waals surface area contributed by atoms with E-state index in [0.29, 0.717) is 0 Å². The zero-order chi connectivity index (χ0) is 14.4. The van der Waals surface area contributed by atoms with Gasteiger partial charge in [-0.25, -0.2) is 5.01 Å². The third kappa shape index (κ3) is 2.94. The topological polar surface area (TPSA) is 19.5 Å². The Balaban J connectivity index is 0.000000704. The van der Waals surface area contributed by atoms with Crippen molar-refractivity contribution in [2.24, 2.45) is 12.1 Å². The number of para-hydroxylation sites is 1. The summed E-state index contributed by atoms with van der Waals surface area (Å²) < 4.78 is 2.12. The Morgan fingerprint density at radius 1 is 1.05 bits per heavy atom. The number of hydrogen-bond acceptors (Lipinski definition) is 2. The molecule has 1 aliphatic rings. The molecule has 0 spiro atoms. The number of rotatable bonds is 1. The first-order valence-electron chi connectivity index (χ1n) is 6.90. The maximum atomic E-state index is 4.36. The monoisotopic (exact) mass is 266 g/mol. The summed E-state index contributed by atoms with van der Waals surface area (Å²) in [5.74, 6) is 0. The summed E-state index contributed by atoms with van der Waals surface area (Å²) in [7, 11) is 2.05. The first kappa shape index (κ1) is 14.0. The van der Waals surface area contributed by atoms with Gasteiger partial charge in [0.2, 0.25) is 5.52 Å². The fraction of sp³-hybridized carbons (Fsp3) is 0.176. The molecule has 1 aliphatic heterocycles. The third-order valence-corrected chi connectivity index (χ3v) is 2.94. The van der Waals surface area contributed by atoms with Gasteiger partial charge in [0.15, 0.2) is 6.20 Å². The molecule has 0 aliphatic carbocycles. The molecule has 0 saturated carbocycles. The van der Waals surface area contributed by atoms with Crippen molar-refractivity contribution in [3.05, 3.63) is 61.0 Å². The number of aromatic nitrogens is 1. The molecule has 0 N–H and O–H groups in total. The van der Waals surface area contributed by atoms with Gasteiger partial charge in [-0.2, -0.15) is 9.67 Å². The molecule has 2 heterocycles. The zero-order valence-corrected chi connectivity index (χ0v) is 12.2. The van der Waals surface area contributed by atoms with Crippen molar-refractivity contribution in [1.82, 2.24) is 0 Å². The lowest BCUT2D eigenvalue weighted by molar-refractivity contribution is -0.644. The van der Waals surface area contributed by atoms with Crippen molar-refractivity contribution in [3.8, 4) is 0 Å². The standard InChI is InChI=1S/C15H14N3.C2H6/c1-17-12-14(18-10-6-2-5-9-16-18)11-13-7-3-4-8-15(13)17;1-2/h2-12H,1H3;1-2H3/q+1;. The highest BCUT2D eigenvalue weighted by molar-refractivity contribution is 5.80. The number of nitrogens with zero attached hydrogens (tertiary/aromatic N) is 3. The number of hydrazone groups is 1. The van der Waals surface area contributed by atoms with Crippen LogP contribution in [0.3, 0.4) is 0 Å². The minimum absolute atomic E-state index is 1.05. The van der Waals surface area contributed by atoms with E-state index in [1.54, 1.807) is 6.21 Å². The smallest absolute Gasteiger partial charge is 0.212 e. The van der Waals surface area contributed by atoms with Crippen LogP contribution in [0.5, 0.6) is 0 Å². The van der Waals surface area contributed by atoms with E-state index >= 15 is 0 Å². The number of allylic oxidation sites excluding steroid dienone is 3. The Kier molecular flexibility index (Phi) is 4.66. The predicted octanol–water partition coefficient (Wildman–Crippen LogP) is 3.57. The predicted molar refractivity (Wildman–Crippen MR) is 85.7 cm³/mol. The molecule has 0 radical (unpaired) electrons. The molecular formula is C17H20N3+. The maximum Gasteiger partial charge on any atom is 0.212 e. The number of pyridine rings is 1. The summed E-state index contributed by atoms with van der Waals surface area (Å²) in [6.45, 7) is 4.00. The van der Waals surface area contributed by atoms with Crippen LogP contribution < -0.4 is 9.58 Å². The molecule has 102 valence electrons. The summed E-state index contributed by atoms with van der Waals surface area (Å²) >= 11 is 0. The molecule has 3 nitrogen and oxygen atoms in total. The SMILES string of the molecule is CC.C[n+]1cc(N2C=CC=CC=N2)cc2ccccc21. The minimum Gasteiger partial charge on any atom is -0.235 e. The van der Waals surface area contributed by atoms with Crippen LogP contribution in [0.15, 0.2) is 66.1 Å². The first-order valence-corrected chi connectivity index (χ1v) is 6.90. The van der Waals surface area contributed by atoms with Crippen LogP contribution in [-0.4, -0.2) is 6.21 Å².